The predicted octanol–water partition coefficient (Wildman–Crippen LogP) is 5.65. The van der Waals surface area contributed by atoms with E-state index in [9.17, 15) is 4.39 Å². The average molecular weight is 446 g/mol. The van der Waals surface area contributed by atoms with Gasteiger partial charge in [-0.25, -0.2) is 9.37 Å². The first kappa shape index (κ1) is 21.5. The largest absolute Gasteiger partial charge is 0.294 e. The summed E-state index contributed by atoms with van der Waals surface area (Å²) in [5, 5.41) is 13.2. The van der Waals surface area contributed by atoms with Gasteiger partial charge < -0.3 is 0 Å². The van der Waals surface area contributed by atoms with Crippen LogP contribution in [0.1, 0.15) is 62.1 Å². The highest BCUT2D eigenvalue weighted by Crippen LogP contribution is 2.31. The van der Waals surface area contributed by atoms with Crippen LogP contribution in [0.3, 0.4) is 0 Å². The lowest BCUT2D eigenvalue weighted by molar-refractivity contribution is 0.167. The number of nitrogens with zero attached hydrogens (tertiary/aromatic N) is 5. The van der Waals surface area contributed by atoms with Crippen LogP contribution in [0.5, 0.6) is 0 Å². The molecule has 0 N–H and O–H groups in total. The number of aryl methyl sites for hydroxylation is 1. The molecule has 1 unspecified atom stereocenters. The fraction of sp³-hybridized carbons (Fsp3) is 0.500. The first-order valence-corrected chi connectivity index (χ1v) is 12.5. The summed E-state index contributed by atoms with van der Waals surface area (Å²) in [6.45, 7) is 6.53. The van der Waals surface area contributed by atoms with Gasteiger partial charge in [0, 0.05) is 16.8 Å². The van der Waals surface area contributed by atoms with Crippen LogP contribution in [0.4, 0.5) is 4.39 Å². The van der Waals surface area contributed by atoms with Crippen LogP contribution in [-0.2, 0) is 12.2 Å². The summed E-state index contributed by atoms with van der Waals surface area (Å²) >= 11 is 3.36. The van der Waals surface area contributed by atoms with E-state index in [-0.39, 0.29) is 11.9 Å². The Morgan fingerprint density at radius 2 is 1.90 bits per heavy atom. The van der Waals surface area contributed by atoms with E-state index in [1.165, 1.54) is 36.4 Å². The predicted molar refractivity (Wildman–Crippen MR) is 121 cm³/mol. The van der Waals surface area contributed by atoms with Crippen LogP contribution in [-0.4, -0.2) is 37.7 Å². The Hall–Kier alpha value is -1.77. The summed E-state index contributed by atoms with van der Waals surface area (Å²) in [6.07, 6.45) is 5.87. The van der Waals surface area contributed by atoms with E-state index in [0.29, 0.717) is 0 Å². The maximum absolute atomic E-state index is 13.6. The first-order valence-electron chi connectivity index (χ1n) is 10.7. The van der Waals surface area contributed by atoms with Crippen molar-refractivity contribution in [2.75, 3.05) is 13.1 Å². The number of hydrogen-bond acceptors (Lipinski definition) is 6. The van der Waals surface area contributed by atoms with Crippen LogP contribution in [0.2, 0.25) is 0 Å². The monoisotopic (exact) mass is 445 g/mol. The second-order valence-electron chi connectivity index (χ2n) is 7.70. The lowest BCUT2D eigenvalue weighted by Crippen LogP contribution is -2.33. The Labute approximate surface area is 185 Å². The quantitative estimate of drug-likeness (QED) is 0.419. The Kier molecular flexibility index (Phi) is 7.17. The Morgan fingerprint density at radius 3 is 2.63 bits per heavy atom. The van der Waals surface area contributed by atoms with E-state index in [1.54, 1.807) is 35.2 Å². The van der Waals surface area contributed by atoms with Crippen LogP contribution in [0.25, 0.3) is 5.69 Å². The van der Waals surface area contributed by atoms with E-state index in [1.807, 2.05) is 0 Å². The van der Waals surface area contributed by atoms with Gasteiger partial charge in [0.15, 0.2) is 11.0 Å². The summed E-state index contributed by atoms with van der Waals surface area (Å²) in [5.41, 5.74) is 1.97. The zero-order valence-corrected chi connectivity index (χ0v) is 19.2. The number of thioether (sulfide) groups is 1. The van der Waals surface area contributed by atoms with E-state index in [2.05, 4.69) is 38.9 Å². The van der Waals surface area contributed by atoms with Gasteiger partial charge in [-0.3, -0.25) is 9.47 Å². The molecule has 1 atom stereocenters. The smallest absolute Gasteiger partial charge is 0.196 e. The molecule has 5 nitrogen and oxygen atoms in total. The van der Waals surface area contributed by atoms with Gasteiger partial charge >= 0.3 is 0 Å². The van der Waals surface area contributed by atoms with Crippen molar-refractivity contribution in [1.82, 2.24) is 24.6 Å². The molecule has 30 heavy (non-hydrogen) atoms. The zero-order valence-electron chi connectivity index (χ0n) is 17.6. The highest BCUT2D eigenvalue weighted by atomic mass is 32.2. The molecule has 0 bridgehead atoms. The van der Waals surface area contributed by atoms with Crippen molar-refractivity contribution in [2.45, 2.75) is 62.9 Å². The molecule has 0 spiro atoms. The molecule has 3 heterocycles. The molecule has 1 saturated heterocycles. The summed E-state index contributed by atoms with van der Waals surface area (Å²) in [5.74, 6) is 1.42. The minimum Gasteiger partial charge on any atom is -0.294 e. The number of thiazole rings is 1. The first-order chi connectivity index (χ1) is 14.7. The second kappa shape index (κ2) is 10.0. The van der Waals surface area contributed by atoms with Gasteiger partial charge in [0.2, 0.25) is 0 Å². The van der Waals surface area contributed by atoms with Crippen molar-refractivity contribution in [1.29, 1.82) is 0 Å². The molecule has 0 aliphatic carbocycles. The van der Waals surface area contributed by atoms with Crippen LogP contribution >= 0.6 is 23.1 Å². The number of halogens is 1. The number of rotatable bonds is 8. The molecular weight excluding hydrogens is 417 g/mol. The molecule has 0 saturated carbocycles. The highest BCUT2D eigenvalue weighted by molar-refractivity contribution is 7.98. The fourth-order valence-corrected chi connectivity index (χ4v) is 5.69. The van der Waals surface area contributed by atoms with Crippen molar-refractivity contribution < 1.29 is 4.39 Å². The van der Waals surface area contributed by atoms with Gasteiger partial charge in [0.1, 0.15) is 5.82 Å². The van der Waals surface area contributed by atoms with Crippen molar-refractivity contribution in [3.05, 3.63) is 52.0 Å². The second-order valence-corrected chi connectivity index (χ2v) is 9.58. The van der Waals surface area contributed by atoms with Gasteiger partial charge in [-0.15, -0.1) is 21.5 Å². The fourth-order valence-electron chi connectivity index (χ4n) is 3.83. The third-order valence-electron chi connectivity index (χ3n) is 5.47. The number of likely N-dealkylation sites (tertiary alicyclic amines) is 1. The van der Waals surface area contributed by atoms with E-state index in [0.717, 1.165) is 54.0 Å². The molecule has 1 aliphatic heterocycles. The molecule has 0 radical (unpaired) electrons. The van der Waals surface area contributed by atoms with Gasteiger partial charge in [0.25, 0.3) is 0 Å². The molecule has 2 aromatic heterocycles. The molecule has 4 rings (SSSR count). The van der Waals surface area contributed by atoms with E-state index in [4.69, 9.17) is 4.98 Å². The van der Waals surface area contributed by atoms with Crippen LogP contribution in [0.15, 0.2) is 34.8 Å². The van der Waals surface area contributed by atoms with Crippen LogP contribution < -0.4 is 0 Å². The average Bonchev–Trinajstić information content (AvgIpc) is 3.40. The molecular formula is C22H28FN5S2. The molecule has 160 valence electrons. The SMILES string of the molecule is CCCc1nc(CSc2nnc(C(C)N3CCCCC3)n2-c2ccc(F)cc2)cs1. The molecule has 1 aliphatic rings. The normalized spacial score (nSPS) is 16.1. The van der Waals surface area contributed by atoms with E-state index < -0.39 is 0 Å². The van der Waals surface area contributed by atoms with Crippen LogP contribution in [0, 0.1) is 5.82 Å². The zero-order chi connectivity index (χ0) is 20.9. The summed E-state index contributed by atoms with van der Waals surface area (Å²) in [7, 11) is 0. The Morgan fingerprint density at radius 1 is 1.13 bits per heavy atom. The van der Waals surface area contributed by atoms with Crippen molar-refractivity contribution in [3.63, 3.8) is 0 Å². The third kappa shape index (κ3) is 4.92. The van der Waals surface area contributed by atoms with Gasteiger partial charge in [-0.05, 0) is 70.0 Å². The number of benzene rings is 1. The molecule has 8 heteroatoms. The van der Waals surface area contributed by atoms with Crippen molar-refractivity contribution in [2.24, 2.45) is 0 Å². The minimum absolute atomic E-state index is 0.160. The lowest BCUT2D eigenvalue weighted by atomic mass is 10.1. The number of hydrogen-bond donors (Lipinski definition) is 0. The molecule has 0 amide bonds. The maximum atomic E-state index is 13.6. The van der Waals surface area contributed by atoms with Gasteiger partial charge in [-0.2, -0.15) is 0 Å². The van der Waals surface area contributed by atoms with Crippen molar-refractivity contribution in [3.8, 4) is 5.69 Å². The number of aromatic nitrogens is 4. The lowest BCUT2D eigenvalue weighted by Gasteiger charge is -2.31. The minimum atomic E-state index is -0.238. The van der Waals surface area contributed by atoms with Gasteiger partial charge in [-0.1, -0.05) is 25.1 Å². The third-order valence-corrected chi connectivity index (χ3v) is 7.39. The standard InChI is InChI=1S/C22H28FN5S2/c1-3-7-20-24-18(14-29-20)15-30-22-26-25-21(16(2)27-12-5-4-6-13-27)28(22)19-10-8-17(23)9-11-19/h8-11,14,16H,3-7,12-13,15H2,1-2H3. The summed E-state index contributed by atoms with van der Waals surface area (Å²) in [6, 6.07) is 6.76. The molecule has 1 aromatic carbocycles. The molecule has 3 aromatic rings. The van der Waals surface area contributed by atoms with E-state index >= 15 is 0 Å². The van der Waals surface area contributed by atoms with Gasteiger partial charge in [0.05, 0.1) is 16.7 Å². The maximum Gasteiger partial charge on any atom is 0.196 e. The van der Waals surface area contributed by atoms with Crippen molar-refractivity contribution >= 4 is 23.1 Å². The molecule has 1 fully saturated rings. The Balaban J connectivity index is 1.60. The highest BCUT2D eigenvalue weighted by Gasteiger charge is 2.25. The number of piperidine rings is 1. The summed E-state index contributed by atoms with van der Waals surface area (Å²) in [4.78, 5) is 7.20. The Bertz CT molecular complexity index is 947. The topological polar surface area (TPSA) is 46.8 Å². The summed E-state index contributed by atoms with van der Waals surface area (Å²) < 4.78 is 15.6.